The number of carbonyl (C=O) groups excluding carboxylic acids is 2. The number of rotatable bonds is 6. The van der Waals surface area contributed by atoms with E-state index in [1.807, 2.05) is 13.8 Å². The van der Waals surface area contributed by atoms with E-state index in [1.165, 1.54) is 12.1 Å². The minimum Gasteiger partial charge on any atom is -0.462 e. The molecule has 0 aromatic heterocycles. The van der Waals surface area contributed by atoms with Crippen molar-refractivity contribution in [2.75, 3.05) is 13.2 Å². The van der Waals surface area contributed by atoms with Crippen LogP contribution in [0.15, 0.2) is 18.2 Å². The van der Waals surface area contributed by atoms with Crippen LogP contribution in [0.4, 0.5) is 4.39 Å². The molecule has 0 aliphatic heterocycles. The van der Waals surface area contributed by atoms with Crippen LogP contribution in [-0.4, -0.2) is 25.2 Å². The average molecular weight is 268 g/mol. The maximum absolute atomic E-state index is 13.7. The van der Waals surface area contributed by atoms with Gasteiger partial charge in [-0.05, 0) is 31.0 Å². The predicted octanol–water partition coefficient (Wildman–Crippen LogP) is 2.96. The van der Waals surface area contributed by atoms with Crippen molar-refractivity contribution in [3.8, 4) is 0 Å². The highest BCUT2D eigenvalue weighted by molar-refractivity contribution is 5.93. The summed E-state index contributed by atoms with van der Waals surface area (Å²) >= 11 is 0. The van der Waals surface area contributed by atoms with Crippen LogP contribution in [0.5, 0.6) is 0 Å². The van der Waals surface area contributed by atoms with E-state index in [9.17, 15) is 14.0 Å². The lowest BCUT2D eigenvalue weighted by atomic mass is 10.1. The fourth-order valence-electron chi connectivity index (χ4n) is 1.36. The van der Waals surface area contributed by atoms with Crippen molar-refractivity contribution in [1.29, 1.82) is 0 Å². The standard InChI is InChI=1S/C14H17FO4/c1-3-7-18-13(16)10-5-6-11(12(15)9-10)14(17)19-8-4-2/h5-6,9H,3-4,7-8H2,1-2H3. The third-order valence-corrected chi connectivity index (χ3v) is 2.30. The van der Waals surface area contributed by atoms with E-state index in [0.717, 1.165) is 6.07 Å². The van der Waals surface area contributed by atoms with Gasteiger partial charge in [-0.25, -0.2) is 14.0 Å². The molecule has 0 N–H and O–H groups in total. The summed E-state index contributed by atoms with van der Waals surface area (Å²) in [5.74, 6) is -2.12. The Balaban J connectivity index is 2.79. The second kappa shape index (κ2) is 7.51. The predicted molar refractivity (Wildman–Crippen MR) is 67.5 cm³/mol. The second-order valence-electron chi connectivity index (χ2n) is 3.97. The highest BCUT2D eigenvalue weighted by Gasteiger charge is 2.16. The molecule has 1 aromatic carbocycles. The maximum atomic E-state index is 13.7. The monoisotopic (exact) mass is 268 g/mol. The summed E-state index contributed by atoms with van der Waals surface area (Å²) in [7, 11) is 0. The van der Waals surface area contributed by atoms with Gasteiger partial charge in [-0.2, -0.15) is 0 Å². The Morgan fingerprint density at radius 2 is 1.63 bits per heavy atom. The van der Waals surface area contributed by atoms with Gasteiger partial charge >= 0.3 is 11.9 Å². The minimum atomic E-state index is -0.785. The summed E-state index contributed by atoms with van der Waals surface area (Å²) in [5.41, 5.74) is -0.0986. The van der Waals surface area contributed by atoms with Crippen molar-refractivity contribution >= 4 is 11.9 Å². The zero-order chi connectivity index (χ0) is 14.3. The molecule has 1 aromatic rings. The molecule has 0 aliphatic carbocycles. The molecular weight excluding hydrogens is 251 g/mol. The Bertz CT molecular complexity index is 457. The molecule has 0 radical (unpaired) electrons. The molecule has 0 spiro atoms. The highest BCUT2D eigenvalue weighted by atomic mass is 19.1. The van der Waals surface area contributed by atoms with Crippen LogP contribution in [0.1, 0.15) is 47.4 Å². The number of carbonyl (C=O) groups is 2. The van der Waals surface area contributed by atoms with Gasteiger partial charge in [0.05, 0.1) is 24.3 Å². The van der Waals surface area contributed by atoms with Gasteiger partial charge in [0.2, 0.25) is 0 Å². The maximum Gasteiger partial charge on any atom is 0.341 e. The SMILES string of the molecule is CCCOC(=O)c1ccc(C(=O)OCCC)c(F)c1. The Kier molecular flexibility index (Phi) is 5.99. The molecule has 0 unspecified atom stereocenters. The van der Waals surface area contributed by atoms with E-state index < -0.39 is 17.8 Å². The molecule has 0 fully saturated rings. The van der Waals surface area contributed by atoms with Gasteiger partial charge in [0.25, 0.3) is 0 Å². The molecule has 0 heterocycles. The number of esters is 2. The summed E-state index contributed by atoms with van der Waals surface area (Å²) < 4.78 is 23.4. The summed E-state index contributed by atoms with van der Waals surface area (Å²) in [6.45, 7) is 4.22. The van der Waals surface area contributed by atoms with Gasteiger partial charge in [-0.15, -0.1) is 0 Å². The van der Waals surface area contributed by atoms with Crippen molar-refractivity contribution in [2.45, 2.75) is 26.7 Å². The summed E-state index contributed by atoms with van der Waals surface area (Å²) in [6, 6.07) is 3.57. The van der Waals surface area contributed by atoms with Crippen LogP contribution in [-0.2, 0) is 9.47 Å². The van der Waals surface area contributed by atoms with Gasteiger partial charge in [0.1, 0.15) is 5.82 Å². The number of halogens is 1. The molecule has 104 valence electrons. The third kappa shape index (κ3) is 4.35. The fraction of sp³-hybridized carbons (Fsp3) is 0.429. The van der Waals surface area contributed by atoms with Crippen LogP contribution in [0.25, 0.3) is 0 Å². The lowest BCUT2D eigenvalue weighted by Crippen LogP contribution is -2.11. The first-order valence-electron chi connectivity index (χ1n) is 6.24. The lowest BCUT2D eigenvalue weighted by molar-refractivity contribution is 0.0486. The first kappa shape index (κ1) is 15.1. The summed E-state index contributed by atoms with van der Waals surface area (Å²) in [4.78, 5) is 23.0. The van der Waals surface area contributed by atoms with Crippen molar-refractivity contribution < 1.29 is 23.5 Å². The quantitative estimate of drug-likeness (QED) is 0.744. The van der Waals surface area contributed by atoms with Gasteiger partial charge in [0.15, 0.2) is 0 Å². The number of hydrogen-bond acceptors (Lipinski definition) is 4. The fourth-order valence-corrected chi connectivity index (χ4v) is 1.36. The molecule has 4 nitrogen and oxygen atoms in total. The van der Waals surface area contributed by atoms with E-state index >= 15 is 0 Å². The first-order chi connectivity index (χ1) is 9.10. The molecule has 0 bridgehead atoms. The van der Waals surface area contributed by atoms with Gasteiger partial charge in [-0.1, -0.05) is 13.8 Å². The van der Waals surface area contributed by atoms with Crippen molar-refractivity contribution in [3.63, 3.8) is 0 Å². The first-order valence-corrected chi connectivity index (χ1v) is 6.24. The molecule has 0 saturated heterocycles. The Hall–Kier alpha value is -1.91. The van der Waals surface area contributed by atoms with E-state index in [4.69, 9.17) is 9.47 Å². The molecule has 0 atom stereocenters. The van der Waals surface area contributed by atoms with E-state index in [1.54, 1.807) is 0 Å². The van der Waals surface area contributed by atoms with Gasteiger partial charge in [-0.3, -0.25) is 0 Å². The van der Waals surface area contributed by atoms with Gasteiger partial charge in [0, 0.05) is 0 Å². The van der Waals surface area contributed by atoms with Crippen LogP contribution >= 0.6 is 0 Å². The smallest absolute Gasteiger partial charge is 0.341 e. The van der Waals surface area contributed by atoms with E-state index in [0.29, 0.717) is 12.8 Å². The molecule has 0 amide bonds. The van der Waals surface area contributed by atoms with E-state index in [-0.39, 0.29) is 24.3 Å². The molecule has 19 heavy (non-hydrogen) atoms. The zero-order valence-corrected chi connectivity index (χ0v) is 11.1. The second-order valence-corrected chi connectivity index (χ2v) is 3.97. The normalized spacial score (nSPS) is 10.1. The van der Waals surface area contributed by atoms with E-state index in [2.05, 4.69) is 0 Å². The molecule has 0 aliphatic rings. The summed E-state index contributed by atoms with van der Waals surface area (Å²) in [5, 5.41) is 0. The number of benzene rings is 1. The topological polar surface area (TPSA) is 52.6 Å². The van der Waals surface area contributed by atoms with Crippen molar-refractivity contribution in [2.24, 2.45) is 0 Å². The zero-order valence-electron chi connectivity index (χ0n) is 11.1. The Labute approximate surface area is 111 Å². The average Bonchev–Trinajstić information content (AvgIpc) is 2.41. The van der Waals surface area contributed by atoms with Gasteiger partial charge < -0.3 is 9.47 Å². The van der Waals surface area contributed by atoms with Crippen molar-refractivity contribution in [1.82, 2.24) is 0 Å². The molecule has 1 rings (SSSR count). The Morgan fingerprint density at radius 1 is 1.05 bits per heavy atom. The third-order valence-electron chi connectivity index (χ3n) is 2.30. The lowest BCUT2D eigenvalue weighted by Gasteiger charge is -2.06. The molecule has 0 saturated carbocycles. The minimum absolute atomic E-state index is 0.0815. The number of ether oxygens (including phenoxy) is 2. The molecule has 5 heteroatoms. The number of hydrogen-bond donors (Lipinski definition) is 0. The highest BCUT2D eigenvalue weighted by Crippen LogP contribution is 2.13. The van der Waals surface area contributed by atoms with Crippen LogP contribution in [0.3, 0.4) is 0 Å². The Morgan fingerprint density at radius 3 is 2.16 bits per heavy atom. The largest absolute Gasteiger partial charge is 0.462 e. The summed E-state index contributed by atoms with van der Waals surface area (Å²) in [6.07, 6.45) is 1.35. The molecular formula is C14H17FO4. The van der Waals surface area contributed by atoms with Crippen LogP contribution in [0.2, 0.25) is 0 Å². The van der Waals surface area contributed by atoms with Crippen LogP contribution < -0.4 is 0 Å². The van der Waals surface area contributed by atoms with Crippen molar-refractivity contribution in [3.05, 3.63) is 35.1 Å². The van der Waals surface area contributed by atoms with Crippen LogP contribution in [0, 0.1) is 5.82 Å².